The van der Waals surface area contributed by atoms with Gasteiger partial charge in [-0.25, -0.2) is 0 Å². The Morgan fingerprint density at radius 1 is 1.25 bits per heavy atom. The van der Waals surface area contributed by atoms with Gasteiger partial charge in [0.1, 0.15) is 0 Å². The molecule has 3 N–H and O–H groups in total. The van der Waals surface area contributed by atoms with Crippen molar-refractivity contribution in [2.45, 2.75) is 59.2 Å². The summed E-state index contributed by atoms with van der Waals surface area (Å²) < 4.78 is 0. The standard InChI is InChI=1S/C18H27N3O2.ClH/c1-12(22)21(15-9-10-15)11-13-5-7-14(8-6-13)20-17(23)16(19)18(2,3)4;/h5-8,15-16H,9-11,19H2,1-4H3,(H,20,23);1H/t16-;/m1./s1. The van der Waals surface area contributed by atoms with Crippen LogP contribution in [0.2, 0.25) is 0 Å². The van der Waals surface area contributed by atoms with Crippen molar-refractivity contribution < 1.29 is 9.59 Å². The summed E-state index contributed by atoms with van der Waals surface area (Å²) in [6.07, 6.45) is 2.19. The molecule has 2 amide bonds. The maximum absolute atomic E-state index is 12.1. The SMILES string of the molecule is CC(=O)N(Cc1ccc(NC(=O)[C@@H](N)C(C)(C)C)cc1)C1CC1.Cl. The Morgan fingerprint density at radius 3 is 2.21 bits per heavy atom. The second kappa shape index (κ2) is 7.99. The maximum atomic E-state index is 12.1. The van der Waals surface area contributed by atoms with Crippen molar-refractivity contribution in [1.29, 1.82) is 0 Å². The Hall–Kier alpha value is -1.59. The topological polar surface area (TPSA) is 75.4 Å². The molecule has 1 aromatic carbocycles. The van der Waals surface area contributed by atoms with E-state index in [0.29, 0.717) is 12.6 Å². The highest BCUT2D eigenvalue weighted by Gasteiger charge is 2.30. The molecule has 1 aromatic rings. The highest BCUT2D eigenvalue weighted by atomic mass is 35.5. The molecular weight excluding hydrogens is 326 g/mol. The molecule has 134 valence electrons. The fourth-order valence-corrected chi connectivity index (χ4v) is 2.39. The van der Waals surface area contributed by atoms with E-state index in [0.717, 1.165) is 24.1 Å². The molecule has 1 aliphatic carbocycles. The fraction of sp³-hybridized carbons (Fsp3) is 0.556. The Morgan fingerprint density at radius 2 is 1.79 bits per heavy atom. The lowest BCUT2D eigenvalue weighted by Gasteiger charge is -2.26. The van der Waals surface area contributed by atoms with E-state index in [1.807, 2.05) is 49.9 Å². The van der Waals surface area contributed by atoms with Crippen LogP contribution in [0.25, 0.3) is 0 Å². The van der Waals surface area contributed by atoms with Gasteiger partial charge < -0.3 is 16.0 Å². The third-order valence-corrected chi connectivity index (χ3v) is 4.18. The average molecular weight is 354 g/mol. The molecule has 0 unspecified atom stereocenters. The lowest BCUT2D eigenvalue weighted by molar-refractivity contribution is -0.130. The monoisotopic (exact) mass is 353 g/mol. The van der Waals surface area contributed by atoms with Gasteiger partial charge in [-0.1, -0.05) is 32.9 Å². The quantitative estimate of drug-likeness (QED) is 0.854. The largest absolute Gasteiger partial charge is 0.336 e. The van der Waals surface area contributed by atoms with Crippen LogP contribution in [0.3, 0.4) is 0 Å². The van der Waals surface area contributed by atoms with Crippen LogP contribution in [-0.4, -0.2) is 28.8 Å². The van der Waals surface area contributed by atoms with Crippen LogP contribution in [0.15, 0.2) is 24.3 Å². The average Bonchev–Trinajstić information content (AvgIpc) is 3.28. The minimum Gasteiger partial charge on any atom is -0.336 e. The van der Waals surface area contributed by atoms with E-state index in [1.54, 1.807) is 6.92 Å². The van der Waals surface area contributed by atoms with E-state index >= 15 is 0 Å². The Bertz CT molecular complexity index is 577. The van der Waals surface area contributed by atoms with Gasteiger partial charge in [0.2, 0.25) is 11.8 Å². The number of hydrogen-bond donors (Lipinski definition) is 2. The van der Waals surface area contributed by atoms with Gasteiger partial charge in [-0.15, -0.1) is 12.4 Å². The lowest BCUT2D eigenvalue weighted by atomic mass is 9.87. The van der Waals surface area contributed by atoms with Gasteiger partial charge in [0.25, 0.3) is 0 Å². The predicted molar refractivity (Wildman–Crippen MR) is 99.0 cm³/mol. The molecule has 0 aliphatic heterocycles. The first-order chi connectivity index (χ1) is 10.7. The zero-order valence-corrected chi connectivity index (χ0v) is 15.7. The number of nitrogens with one attached hydrogen (secondary N) is 1. The summed E-state index contributed by atoms with van der Waals surface area (Å²) in [5, 5.41) is 2.84. The number of halogens is 1. The van der Waals surface area contributed by atoms with E-state index in [-0.39, 0.29) is 29.6 Å². The number of carbonyl (C=O) groups excluding carboxylic acids is 2. The van der Waals surface area contributed by atoms with Gasteiger partial charge in [-0.2, -0.15) is 0 Å². The molecule has 1 atom stereocenters. The van der Waals surface area contributed by atoms with Crippen LogP contribution in [0, 0.1) is 5.41 Å². The van der Waals surface area contributed by atoms with Crippen LogP contribution >= 0.6 is 12.4 Å². The number of amides is 2. The molecule has 0 heterocycles. The van der Waals surface area contributed by atoms with Crippen molar-refractivity contribution in [2.75, 3.05) is 5.32 Å². The number of anilines is 1. The van der Waals surface area contributed by atoms with Crippen LogP contribution in [0.1, 0.15) is 46.1 Å². The van der Waals surface area contributed by atoms with Crippen molar-refractivity contribution in [3.05, 3.63) is 29.8 Å². The van der Waals surface area contributed by atoms with Crippen molar-refractivity contribution >= 4 is 29.9 Å². The molecule has 6 heteroatoms. The number of nitrogens with zero attached hydrogens (tertiary/aromatic N) is 1. The van der Waals surface area contributed by atoms with Crippen molar-refractivity contribution in [2.24, 2.45) is 11.1 Å². The molecule has 1 aliphatic rings. The number of benzene rings is 1. The molecule has 5 nitrogen and oxygen atoms in total. The highest BCUT2D eigenvalue weighted by molar-refractivity contribution is 5.95. The number of nitrogens with two attached hydrogens (primary N) is 1. The highest BCUT2D eigenvalue weighted by Crippen LogP contribution is 2.28. The summed E-state index contributed by atoms with van der Waals surface area (Å²) >= 11 is 0. The van der Waals surface area contributed by atoms with Crippen LogP contribution in [0.5, 0.6) is 0 Å². The first-order valence-corrected chi connectivity index (χ1v) is 8.11. The summed E-state index contributed by atoms with van der Waals surface area (Å²) in [5.41, 5.74) is 7.46. The smallest absolute Gasteiger partial charge is 0.241 e. The molecule has 2 rings (SSSR count). The molecule has 1 saturated carbocycles. The third kappa shape index (κ3) is 5.49. The van der Waals surface area contributed by atoms with Crippen LogP contribution in [0.4, 0.5) is 5.69 Å². The van der Waals surface area contributed by atoms with Gasteiger partial charge in [-0.05, 0) is 36.0 Å². The lowest BCUT2D eigenvalue weighted by Crippen LogP contribution is -2.45. The Labute approximate surface area is 150 Å². The Balaban J connectivity index is 0.00000288. The van der Waals surface area contributed by atoms with Gasteiger partial charge >= 0.3 is 0 Å². The van der Waals surface area contributed by atoms with Gasteiger partial charge in [0, 0.05) is 25.2 Å². The number of hydrogen-bond acceptors (Lipinski definition) is 3. The van der Waals surface area contributed by atoms with E-state index < -0.39 is 6.04 Å². The van der Waals surface area contributed by atoms with E-state index in [4.69, 9.17) is 5.73 Å². The summed E-state index contributed by atoms with van der Waals surface area (Å²) in [6.45, 7) is 8.05. The number of rotatable bonds is 5. The minimum absolute atomic E-state index is 0. The molecule has 0 aromatic heterocycles. The molecule has 0 saturated heterocycles. The summed E-state index contributed by atoms with van der Waals surface area (Å²) in [7, 11) is 0. The zero-order valence-electron chi connectivity index (χ0n) is 14.8. The van der Waals surface area contributed by atoms with Crippen LogP contribution in [-0.2, 0) is 16.1 Å². The first kappa shape index (κ1) is 20.5. The van der Waals surface area contributed by atoms with Gasteiger partial charge in [0.05, 0.1) is 6.04 Å². The summed E-state index contributed by atoms with van der Waals surface area (Å²) in [5.74, 6) is -0.0744. The minimum atomic E-state index is -0.565. The summed E-state index contributed by atoms with van der Waals surface area (Å²) in [6, 6.07) is 7.43. The maximum Gasteiger partial charge on any atom is 0.241 e. The van der Waals surface area contributed by atoms with Crippen molar-refractivity contribution in [1.82, 2.24) is 4.90 Å². The predicted octanol–water partition coefficient (Wildman–Crippen LogP) is 2.93. The first-order valence-electron chi connectivity index (χ1n) is 8.11. The van der Waals surface area contributed by atoms with Gasteiger partial charge in [-0.3, -0.25) is 9.59 Å². The zero-order chi connectivity index (χ0) is 17.2. The van der Waals surface area contributed by atoms with Crippen molar-refractivity contribution in [3.63, 3.8) is 0 Å². The molecule has 24 heavy (non-hydrogen) atoms. The summed E-state index contributed by atoms with van der Waals surface area (Å²) in [4.78, 5) is 25.7. The Kier molecular flexibility index (Phi) is 6.81. The number of carbonyl (C=O) groups is 2. The van der Waals surface area contributed by atoms with Crippen molar-refractivity contribution in [3.8, 4) is 0 Å². The molecule has 0 bridgehead atoms. The normalized spacial score (nSPS) is 15.2. The fourth-order valence-electron chi connectivity index (χ4n) is 2.39. The third-order valence-electron chi connectivity index (χ3n) is 4.18. The van der Waals surface area contributed by atoms with Gasteiger partial charge in [0.15, 0.2) is 0 Å². The van der Waals surface area contributed by atoms with E-state index in [1.165, 1.54) is 0 Å². The molecule has 0 radical (unpaired) electrons. The molecular formula is C18H28ClN3O2. The molecule has 0 spiro atoms. The van der Waals surface area contributed by atoms with E-state index in [2.05, 4.69) is 5.32 Å². The second-order valence-electron chi connectivity index (χ2n) is 7.41. The van der Waals surface area contributed by atoms with E-state index in [9.17, 15) is 9.59 Å². The van der Waals surface area contributed by atoms with Crippen LogP contribution < -0.4 is 11.1 Å². The molecule has 1 fully saturated rings. The second-order valence-corrected chi connectivity index (χ2v) is 7.41.